The number of rotatable bonds is 3. The van der Waals surface area contributed by atoms with Crippen LogP contribution in [0.15, 0.2) is 23.0 Å². The first kappa shape index (κ1) is 14.9. The molecule has 1 amide bonds. The Balaban J connectivity index is 1.74. The third-order valence-corrected chi connectivity index (χ3v) is 4.67. The van der Waals surface area contributed by atoms with Gasteiger partial charge >= 0.3 is 5.69 Å². The summed E-state index contributed by atoms with van der Waals surface area (Å²) in [5, 5.41) is 3.13. The highest BCUT2D eigenvalue weighted by Gasteiger charge is 2.16. The highest BCUT2D eigenvalue weighted by Crippen LogP contribution is 2.18. The second-order valence-electron chi connectivity index (χ2n) is 6.30. The maximum Gasteiger partial charge on any atom is 0.328 e. The topological polar surface area (TPSA) is 56.0 Å². The number of nitrogens with zero attached hydrogens (tertiary/aromatic N) is 2. The lowest BCUT2D eigenvalue weighted by Crippen LogP contribution is -2.37. The number of imidazole rings is 1. The molecule has 0 bridgehead atoms. The number of fused-ring (bicyclic) bond motifs is 1. The molecule has 1 aliphatic carbocycles. The van der Waals surface area contributed by atoms with Gasteiger partial charge in [-0.2, -0.15) is 0 Å². The average molecular weight is 301 g/mol. The summed E-state index contributed by atoms with van der Waals surface area (Å²) in [5.41, 5.74) is 2.67. The smallest absolute Gasteiger partial charge is 0.328 e. The molecule has 22 heavy (non-hydrogen) atoms. The molecule has 0 saturated heterocycles. The number of hydrogen-bond acceptors (Lipinski definition) is 2. The van der Waals surface area contributed by atoms with Crippen molar-refractivity contribution in [2.24, 2.45) is 14.1 Å². The van der Waals surface area contributed by atoms with Crippen molar-refractivity contribution >= 4 is 16.9 Å². The molecule has 1 aromatic heterocycles. The normalized spacial score (nSPS) is 16.1. The van der Waals surface area contributed by atoms with Gasteiger partial charge in [0, 0.05) is 20.1 Å². The first-order valence-corrected chi connectivity index (χ1v) is 8.00. The van der Waals surface area contributed by atoms with Crippen LogP contribution in [0.1, 0.15) is 37.7 Å². The Kier molecular flexibility index (Phi) is 4.05. The van der Waals surface area contributed by atoms with Crippen LogP contribution >= 0.6 is 0 Å². The Bertz CT molecular complexity index is 751. The summed E-state index contributed by atoms with van der Waals surface area (Å²) < 4.78 is 3.25. The molecule has 1 saturated carbocycles. The number of aromatic nitrogens is 2. The van der Waals surface area contributed by atoms with Gasteiger partial charge in [-0.05, 0) is 30.5 Å². The number of benzene rings is 1. The molecule has 1 aromatic carbocycles. The van der Waals surface area contributed by atoms with Gasteiger partial charge < -0.3 is 5.32 Å². The molecule has 1 N–H and O–H groups in total. The lowest BCUT2D eigenvalue weighted by Gasteiger charge is -2.22. The monoisotopic (exact) mass is 301 g/mol. The molecule has 5 nitrogen and oxygen atoms in total. The molecule has 5 heteroatoms. The van der Waals surface area contributed by atoms with Gasteiger partial charge in [0.05, 0.1) is 17.5 Å². The Labute approximate surface area is 129 Å². The van der Waals surface area contributed by atoms with Crippen LogP contribution in [0.25, 0.3) is 11.0 Å². The van der Waals surface area contributed by atoms with Gasteiger partial charge in [0.15, 0.2) is 0 Å². The molecule has 0 unspecified atom stereocenters. The zero-order valence-electron chi connectivity index (χ0n) is 13.3. The number of hydrogen-bond donors (Lipinski definition) is 1. The van der Waals surface area contributed by atoms with Crippen LogP contribution in [0.2, 0.25) is 0 Å². The van der Waals surface area contributed by atoms with E-state index in [9.17, 15) is 9.59 Å². The van der Waals surface area contributed by atoms with Gasteiger partial charge in [0.25, 0.3) is 0 Å². The first-order valence-electron chi connectivity index (χ1n) is 8.00. The number of amides is 1. The van der Waals surface area contributed by atoms with Crippen molar-refractivity contribution in [2.75, 3.05) is 0 Å². The fraction of sp³-hybridized carbons (Fsp3) is 0.529. The predicted octanol–water partition coefficient (Wildman–Crippen LogP) is 1.87. The maximum absolute atomic E-state index is 12.2. The van der Waals surface area contributed by atoms with Gasteiger partial charge in [-0.3, -0.25) is 13.9 Å². The highest BCUT2D eigenvalue weighted by atomic mass is 16.2. The number of carbonyl (C=O) groups is 1. The van der Waals surface area contributed by atoms with Crippen molar-refractivity contribution in [3.63, 3.8) is 0 Å². The van der Waals surface area contributed by atoms with Crippen LogP contribution in [-0.4, -0.2) is 21.1 Å². The Hall–Kier alpha value is -2.04. The summed E-state index contributed by atoms with van der Waals surface area (Å²) in [5.74, 6) is 0.0761. The summed E-state index contributed by atoms with van der Waals surface area (Å²) in [6, 6.07) is 6.13. The second-order valence-corrected chi connectivity index (χ2v) is 6.30. The first-order chi connectivity index (χ1) is 10.6. The van der Waals surface area contributed by atoms with E-state index in [2.05, 4.69) is 5.32 Å². The van der Waals surface area contributed by atoms with E-state index in [-0.39, 0.29) is 11.6 Å². The lowest BCUT2D eigenvalue weighted by molar-refractivity contribution is -0.121. The molecule has 0 atom stereocenters. The predicted molar refractivity (Wildman–Crippen MR) is 86.9 cm³/mol. The molecule has 1 aliphatic rings. The van der Waals surface area contributed by atoms with Crippen molar-refractivity contribution in [1.82, 2.24) is 14.5 Å². The van der Waals surface area contributed by atoms with Crippen molar-refractivity contribution < 1.29 is 4.79 Å². The van der Waals surface area contributed by atoms with E-state index in [1.807, 2.05) is 18.2 Å². The van der Waals surface area contributed by atoms with Gasteiger partial charge in [-0.25, -0.2) is 4.79 Å². The van der Waals surface area contributed by atoms with E-state index < -0.39 is 0 Å². The van der Waals surface area contributed by atoms with Crippen LogP contribution in [0.4, 0.5) is 0 Å². The molecule has 1 fully saturated rings. The molecular weight excluding hydrogens is 278 g/mol. The minimum absolute atomic E-state index is 0.0428. The van der Waals surface area contributed by atoms with Crippen molar-refractivity contribution in [2.45, 2.75) is 44.6 Å². The molecule has 118 valence electrons. The zero-order chi connectivity index (χ0) is 15.7. The molecule has 3 rings (SSSR count). The van der Waals surface area contributed by atoms with E-state index >= 15 is 0 Å². The maximum atomic E-state index is 12.2. The van der Waals surface area contributed by atoms with Crippen LogP contribution in [0, 0.1) is 0 Å². The number of aryl methyl sites for hydroxylation is 2. The summed E-state index contributed by atoms with van der Waals surface area (Å²) in [6.45, 7) is 0. The SMILES string of the molecule is Cn1c(=O)n(C)c2cc(CC(=O)NC3CCCCC3)ccc21. The largest absolute Gasteiger partial charge is 0.353 e. The molecule has 1 heterocycles. The second kappa shape index (κ2) is 5.99. The molecular formula is C17H23N3O2. The van der Waals surface area contributed by atoms with Crippen LogP contribution in [0.5, 0.6) is 0 Å². The van der Waals surface area contributed by atoms with Gasteiger partial charge in [-0.15, -0.1) is 0 Å². The minimum atomic E-state index is -0.0428. The Morgan fingerprint density at radius 2 is 1.82 bits per heavy atom. The number of nitrogens with one attached hydrogen (secondary N) is 1. The third kappa shape index (κ3) is 2.80. The van der Waals surface area contributed by atoms with Gasteiger partial charge in [0.1, 0.15) is 0 Å². The standard InChI is InChI=1S/C17H23N3O2/c1-19-14-9-8-12(10-15(14)20(2)17(19)22)11-16(21)18-13-6-4-3-5-7-13/h8-10,13H,3-7,11H2,1-2H3,(H,18,21). The van der Waals surface area contributed by atoms with Crippen molar-refractivity contribution in [3.05, 3.63) is 34.2 Å². The molecule has 0 aliphatic heterocycles. The van der Waals surface area contributed by atoms with Gasteiger partial charge in [-0.1, -0.05) is 25.3 Å². The average Bonchev–Trinajstić information content (AvgIpc) is 2.73. The Morgan fingerprint density at radius 1 is 1.14 bits per heavy atom. The van der Waals surface area contributed by atoms with E-state index in [1.54, 1.807) is 23.2 Å². The number of carbonyl (C=O) groups excluding carboxylic acids is 1. The van der Waals surface area contributed by atoms with E-state index in [1.165, 1.54) is 19.3 Å². The summed E-state index contributed by atoms with van der Waals surface area (Å²) in [6.07, 6.45) is 6.27. The third-order valence-electron chi connectivity index (χ3n) is 4.67. The quantitative estimate of drug-likeness (QED) is 0.941. The molecule has 2 aromatic rings. The van der Waals surface area contributed by atoms with Crippen molar-refractivity contribution in [1.29, 1.82) is 0 Å². The summed E-state index contributed by atoms with van der Waals surface area (Å²) in [4.78, 5) is 24.1. The van der Waals surface area contributed by atoms with E-state index in [0.717, 1.165) is 29.4 Å². The van der Waals surface area contributed by atoms with E-state index in [4.69, 9.17) is 0 Å². The van der Waals surface area contributed by atoms with Gasteiger partial charge in [0.2, 0.25) is 5.91 Å². The van der Waals surface area contributed by atoms with Crippen LogP contribution < -0.4 is 11.0 Å². The summed E-state index contributed by atoms with van der Waals surface area (Å²) in [7, 11) is 3.52. The fourth-order valence-corrected chi connectivity index (χ4v) is 3.37. The summed E-state index contributed by atoms with van der Waals surface area (Å²) >= 11 is 0. The lowest BCUT2D eigenvalue weighted by atomic mass is 9.95. The highest BCUT2D eigenvalue weighted by molar-refractivity contribution is 5.82. The molecule has 0 spiro atoms. The van der Waals surface area contributed by atoms with E-state index in [0.29, 0.717) is 12.5 Å². The van der Waals surface area contributed by atoms with Crippen LogP contribution in [-0.2, 0) is 25.3 Å². The Morgan fingerprint density at radius 3 is 2.55 bits per heavy atom. The zero-order valence-corrected chi connectivity index (χ0v) is 13.3. The fourth-order valence-electron chi connectivity index (χ4n) is 3.37. The minimum Gasteiger partial charge on any atom is -0.353 e. The van der Waals surface area contributed by atoms with Crippen molar-refractivity contribution in [3.8, 4) is 0 Å². The molecule has 0 radical (unpaired) electrons. The van der Waals surface area contributed by atoms with Crippen LogP contribution in [0.3, 0.4) is 0 Å².